The van der Waals surface area contributed by atoms with Crippen LogP contribution in [-0.2, 0) is 6.42 Å². The molecule has 0 amide bonds. The first kappa shape index (κ1) is 21.7. The van der Waals surface area contributed by atoms with Crippen molar-refractivity contribution >= 4 is 22.2 Å². The second-order valence-electron chi connectivity index (χ2n) is 8.29. The summed E-state index contributed by atoms with van der Waals surface area (Å²) in [5, 5.41) is 5.01. The van der Waals surface area contributed by atoms with E-state index in [-0.39, 0.29) is 0 Å². The average molecular weight is 468 g/mol. The summed E-state index contributed by atoms with van der Waals surface area (Å²) in [5.74, 6) is 1.05. The number of piperidine rings is 1. The topological polar surface area (TPSA) is 81.3 Å². The third-order valence-electron chi connectivity index (χ3n) is 5.95. The van der Waals surface area contributed by atoms with Crippen LogP contribution >= 0.6 is 11.3 Å². The Labute approximate surface area is 195 Å². The Kier molecular flexibility index (Phi) is 6.43. The Morgan fingerprint density at radius 1 is 1.18 bits per heavy atom. The number of aromatic nitrogens is 6. The number of anilines is 1. The molecule has 5 rings (SSSR count). The van der Waals surface area contributed by atoms with Crippen molar-refractivity contribution in [1.82, 2.24) is 29.5 Å². The van der Waals surface area contributed by atoms with Crippen LogP contribution in [0, 0.1) is 11.7 Å². The molecule has 0 saturated carbocycles. The smallest absolute Gasteiger partial charge is 0.294 e. The van der Waals surface area contributed by atoms with Gasteiger partial charge in [-0.05, 0) is 54.6 Å². The van der Waals surface area contributed by atoms with Crippen LogP contribution in [0.15, 0.2) is 37.1 Å². The van der Waals surface area contributed by atoms with E-state index < -0.39 is 5.82 Å². The maximum atomic E-state index is 13.9. The molecule has 0 N–H and O–H groups in total. The Bertz CT molecular complexity index is 1170. The summed E-state index contributed by atoms with van der Waals surface area (Å²) in [6.07, 6.45) is 13.7. The highest BCUT2D eigenvalue weighted by molar-refractivity contribution is 7.18. The zero-order chi connectivity index (χ0) is 22.6. The number of imidazole rings is 1. The van der Waals surface area contributed by atoms with E-state index in [0.29, 0.717) is 33.9 Å². The van der Waals surface area contributed by atoms with E-state index in [1.54, 1.807) is 23.0 Å². The second-order valence-corrected chi connectivity index (χ2v) is 9.20. The van der Waals surface area contributed by atoms with Gasteiger partial charge >= 0.3 is 0 Å². The van der Waals surface area contributed by atoms with Crippen LogP contribution in [0.2, 0.25) is 0 Å². The van der Waals surface area contributed by atoms with Crippen molar-refractivity contribution in [2.75, 3.05) is 24.6 Å². The monoisotopic (exact) mass is 467 g/mol. The van der Waals surface area contributed by atoms with Gasteiger partial charge in [-0.2, -0.15) is 0 Å². The minimum atomic E-state index is -0.397. The molecule has 0 radical (unpaired) electrons. The van der Waals surface area contributed by atoms with Gasteiger partial charge in [0.1, 0.15) is 0 Å². The molecule has 1 aliphatic heterocycles. The quantitative estimate of drug-likeness (QED) is 0.379. The number of pyridine rings is 1. The van der Waals surface area contributed by atoms with Crippen LogP contribution in [0.5, 0.6) is 5.19 Å². The standard InChI is InChI=1S/C23H26FN7OS/c1-2-3-17-12-26-21(27-13-17)30-9-5-16(6-10-30)7-11-32-23-29-31-15-20(28-22(31)33-23)18-4-8-25-14-19(18)24/h4,8,12-16H,2-3,5-7,9-11H2,1H3. The SMILES string of the molecule is CCCc1cnc(N2CCC(CCOc3nn4cc(-c5ccncc5F)nc4s3)CC2)nc1. The summed E-state index contributed by atoms with van der Waals surface area (Å²) in [4.78, 5) is 20.3. The third kappa shape index (κ3) is 4.95. The van der Waals surface area contributed by atoms with Crippen molar-refractivity contribution < 1.29 is 9.13 Å². The fourth-order valence-corrected chi connectivity index (χ4v) is 4.87. The number of aryl methyl sites for hydroxylation is 1. The number of rotatable bonds is 8. The van der Waals surface area contributed by atoms with Gasteiger partial charge in [0.05, 0.1) is 24.7 Å². The normalized spacial score (nSPS) is 14.8. The van der Waals surface area contributed by atoms with Crippen LogP contribution in [0.3, 0.4) is 0 Å². The van der Waals surface area contributed by atoms with E-state index in [1.165, 1.54) is 23.1 Å². The molecule has 0 atom stereocenters. The third-order valence-corrected chi connectivity index (χ3v) is 6.79. The molecule has 10 heteroatoms. The minimum Gasteiger partial charge on any atom is -0.469 e. The number of ether oxygens (including phenoxy) is 1. The lowest BCUT2D eigenvalue weighted by Crippen LogP contribution is -2.35. The van der Waals surface area contributed by atoms with E-state index in [2.05, 4.69) is 36.9 Å². The molecule has 5 heterocycles. The molecule has 172 valence electrons. The van der Waals surface area contributed by atoms with Crippen LogP contribution in [-0.4, -0.2) is 49.2 Å². The molecule has 1 saturated heterocycles. The van der Waals surface area contributed by atoms with Gasteiger partial charge in [-0.1, -0.05) is 13.3 Å². The average Bonchev–Trinajstić information content (AvgIpc) is 3.40. The summed E-state index contributed by atoms with van der Waals surface area (Å²) < 4.78 is 21.5. The Morgan fingerprint density at radius 2 is 2.00 bits per heavy atom. The van der Waals surface area contributed by atoms with Gasteiger partial charge in [0.15, 0.2) is 5.82 Å². The predicted octanol–water partition coefficient (Wildman–Crippen LogP) is 4.42. The number of fused-ring (bicyclic) bond motifs is 1. The van der Waals surface area contributed by atoms with Crippen molar-refractivity contribution in [3.63, 3.8) is 0 Å². The number of nitrogens with zero attached hydrogens (tertiary/aromatic N) is 7. The predicted molar refractivity (Wildman–Crippen MR) is 125 cm³/mol. The maximum Gasteiger partial charge on any atom is 0.294 e. The van der Waals surface area contributed by atoms with Gasteiger partial charge in [0, 0.05) is 37.2 Å². The zero-order valence-electron chi connectivity index (χ0n) is 18.5. The van der Waals surface area contributed by atoms with Gasteiger partial charge in [-0.3, -0.25) is 4.98 Å². The lowest BCUT2D eigenvalue weighted by molar-refractivity contribution is 0.255. The van der Waals surface area contributed by atoms with E-state index in [9.17, 15) is 4.39 Å². The van der Waals surface area contributed by atoms with Gasteiger partial charge in [-0.15, -0.1) is 5.10 Å². The molecule has 0 spiro atoms. The fraction of sp³-hybridized carbons (Fsp3) is 0.435. The molecule has 0 aromatic carbocycles. The highest BCUT2D eigenvalue weighted by Gasteiger charge is 2.21. The van der Waals surface area contributed by atoms with Crippen LogP contribution in [0.25, 0.3) is 16.2 Å². The second kappa shape index (κ2) is 9.78. The number of hydrogen-bond donors (Lipinski definition) is 0. The summed E-state index contributed by atoms with van der Waals surface area (Å²) >= 11 is 1.36. The zero-order valence-corrected chi connectivity index (χ0v) is 19.3. The maximum absolute atomic E-state index is 13.9. The number of halogens is 1. The highest BCUT2D eigenvalue weighted by atomic mass is 32.1. The molecule has 0 aliphatic carbocycles. The fourth-order valence-electron chi connectivity index (χ4n) is 4.12. The largest absolute Gasteiger partial charge is 0.469 e. The molecule has 33 heavy (non-hydrogen) atoms. The van der Waals surface area contributed by atoms with Crippen molar-refractivity contribution in [2.45, 2.75) is 39.0 Å². The van der Waals surface area contributed by atoms with Gasteiger partial charge in [-0.25, -0.2) is 23.9 Å². The first-order chi connectivity index (χ1) is 16.2. The molecule has 0 unspecified atom stereocenters. The van der Waals surface area contributed by atoms with E-state index in [0.717, 1.165) is 51.1 Å². The molecule has 4 aromatic heterocycles. The van der Waals surface area contributed by atoms with Crippen molar-refractivity contribution in [1.29, 1.82) is 0 Å². The molecule has 4 aromatic rings. The van der Waals surface area contributed by atoms with Gasteiger partial charge < -0.3 is 9.64 Å². The lowest BCUT2D eigenvalue weighted by Gasteiger charge is -2.31. The van der Waals surface area contributed by atoms with Crippen molar-refractivity contribution in [3.8, 4) is 16.5 Å². The van der Waals surface area contributed by atoms with Crippen LogP contribution < -0.4 is 9.64 Å². The summed E-state index contributed by atoms with van der Waals surface area (Å²) in [6, 6.07) is 1.61. The Morgan fingerprint density at radius 3 is 2.73 bits per heavy atom. The van der Waals surface area contributed by atoms with Gasteiger partial charge in [0.25, 0.3) is 5.19 Å². The molecule has 1 fully saturated rings. The summed E-state index contributed by atoms with van der Waals surface area (Å²) in [7, 11) is 0. The van der Waals surface area contributed by atoms with E-state index in [1.807, 2.05) is 12.4 Å². The van der Waals surface area contributed by atoms with E-state index in [4.69, 9.17) is 4.74 Å². The molecule has 8 nitrogen and oxygen atoms in total. The Hall–Kier alpha value is -3.14. The molecular weight excluding hydrogens is 441 g/mol. The number of hydrogen-bond acceptors (Lipinski definition) is 8. The molecule has 1 aliphatic rings. The summed E-state index contributed by atoms with van der Waals surface area (Å²) in [6.45, 7) is 4.72. The minimum absolute atomic E-state index is 0.397. The highest BCUT2D eigenvalue weighted by Crippen LogP contribution is 2.28. The Balaban J connectivity index is 1.10. The van der Waals surface area contributed by atoms with E-state index >= 15 is 0 Å². The summed E-state index contributed by atoms with van der Waals surface area (Å²) in [5.41, 5.74) is 2.15. The first-order valence-corrected chi connectivity index (χ1v) is 12.2. The molecule has 0 bridgehead atoms. The van der Waals surface area contributed by atoms with Gasteiger partial charge in [0.2, 0.25) is 10.9 Å². The van der Waals surface area contributed by atoms with Crippen LogP contribution in [0.4, 0.5) is 10.3 Å². The van der Waals surface area contributed by atoms with Crippen molar-refractivity contribution in [3.05, 3.63) is 48.4 Å². The first-order valence-electron chi connectivity index (χ1n) is 11.3. The van der Waals surface area contributed by atoms with Crippen LogP contribution in [0.1, 0.15) is 38.2 Å². The van der Waals surface area contributed by atoms with Crippen molar-refractivity contribution in [2.24, 2.45) is 5.92 Å². The molecular formula is C23H26FN7OS. The lowest BCUT2D eigenvalue weighted by atomic mass is 9.94.